The number of halogens is 2. The van der Waals surface area contributed by atoms with Crippen LogP contribution in [0.25, 0.3) is 10.9 Å². The maximum Gasteiger partial charge on any atom is 0.208 e. The Morgan fingerprint density at radius 3 is 2.71 bits per heavy atom. The zero-order valence-corrected chi connectivity index (χ0v) is 8.91. The number of aromatic nitrogens is 1. The first kappa shape index (κ1) is 9.56. The number of H-pyrrole nitrogens is 1. The van der Waals surface area contributed by atoms with Crippen LogP contribution in [-0.4, -0.2) is 4.98 Å². The maximum atomic E-state index is 11.7. The van der Waals surface area contributed by atoms with Crippen LogP contribution in [0.4, 0.5) is 0 Å². The minimum absolute atomic E-state index is 0.158. The Bertz CT molecular complexity index is 560. The van der Waals surface area contributed by atoms with Crippen LogP contribution in [0.1, 0.15) is 5.69 Å². The van der Waals surface area contributed by atoms with E-state index in [1.807, 2.05) is 0 Å². The van der Waals surface area contributed by atoms with Crippen LogP contribution in [0.5, 0.6) is 0 Å². The van der Waals surface area contributed by atoms with Gasteiger partial charge in [-0.15, -0.1) is 0 Å². The molecule has 1 N–H and O–H groups in total. The summed E-state index contributed by atoms with van der Waals surface area (Å²) in [5.41, 5.74) is 1.21. The van der Waals surface area contributed by atoms with Crippen LogP contribution < -0.4 is 5.43 Å². The molecule has 4 heteroatoms. The predicted octanol–water partition coefficient (Wildman–Crippen LogP) is 3.14. The van der Waals surface area contributed by atoms with Crippen molar-refractivity contribution in [1.29, 1.82) is 0 Å². The summed E-state index contributed by atoms with van der Waals surface area (Å²) in [7, 11) is 0. The molecule has 14 heavy (non-hydrogen) atoms. The van der Waals surface area contributed by atoms with Crippen LogP contribution in [0.15, 0.2) is 23.0 Å². The molecule has 2 rings (SSSR count). The third-order valence-corrected chi connectivity index (χ3v) is 2.77. The van der Waals surface area contributed by atoms with Crippen molar-refractivity contribution in [3.63, 3.8) is 0 Å². The molecule has 0 bridgehead atoms. The highest BCUT2D eigenvalue weighted by molar-refractivity contribution is 6.32. The zero-order chi connectivity index (χ0) is 10.3. The Labute approximate surface area is 90.5 Å². The Balaban J connectivity index is 2.98. The summed E-state index contributed by atoms with van der Waals surface area (Å²) in [6, 6.07) is 5.05. The molecule has 0 atom stereocenters. The molecule has 0 unspecified atom stereocenters. The third-order valence-electron chi connectivity index (χ3n) is 2.08. The summed E-state index contributed by atoms with van der Waals surface area (Å²) < 4.78 is 0. The molecule has 72 valence electrons. The van der Waals surface area contributed by atoms with Gasteiger partial charge in [0.1, 0.15) is 5.02 Å². The molecule has 0 fully saturated rings. The number of aryl methyl sites for hydroxylation is 1. The molecule has 0 saturated heterocycles. The average Bonchev–Trinajstić information content (AvgIpc) is 2.14. The van der Waals surface area contributed by atoms with Gasteiger partial charge in [-0.25, -0.2) is 0 Å². The van der Waals surface area contributed by atoms with Crippen molar-refractivity contribution in [1.82, 2.24) is 4.98 Å². The fourth-order valence-electron chi connectivity index (χ4n) is 1.36. The number of benzene rings is 1. The largest absolute Gasteiger partial charge is 0.357 e. The second-order valence-electron chi connectivity index (χ2n) is 3.08. The number of hydrogen-bond donors (Lipinski definition) is 1. The molecule has 0 amide bonds. The van der Waals surface area contributed by atoms with Gasteiger partial charge in [-0.05, 0) is 25.1 Å². The van der Waals surface area contributed by atoms with Gasteiger partial charge in [0.25, 0.3) is 0 Å². The Hall–Kier alpha value is -0.990. The van der Waals surface area contributed by atoms with E-state index in [9.17, 15) is 4.79 Å². The minimum Gasteiger partial charge on any atom is -0.357 e. The molecule has 2 nitrogen and oxygen atoms in total. The predicted molar refractivity (Wildman–Crippen MR) is 59.3 cm³/mol. The van der Waals surface area contributed by atoms with E-state index in [2.05, 4.69) is 4.98 Å². The van der Waals surface area contributed by atoms with Crippen molar-refractivity contribution >= 4 is 34.1 Å². The van der Waals surface area contributed by atoms with Crippen LogP contribution in [0.3, 0.4) is 0 Å². The molecular weight excluding hydrogens is 221 g/mol. The number of aromatic amines is 1. The first-order valence-corrected chi connectivity index (χ1v) is 4.83. The van der Waals surface area contributed by atoms with Gasteiger partial charge in [-0.1, -0.05) is 23.2 Å². The molecule has 1 aromatic carbocycles. The van der Waals surface area contributed by atoms with Gasteiger partial charge in [0.15, 0.2) is 0 Å². The second kappa shape index (κ2) is 3.30. The molecule has 0 aliphatic carbocycles. The molecular formula is C10H7Cl2NO. The lowest BCUT2D eigenvalue weighted by molar-refractivity contribution is 1.24. The van der Waals surface area contributed by atoms with Gasteiger partial charge in [0.05, 0.1) is 5.52 Å². The second-order valence-corrected chi connectivity index (χ2v) is 3.90. The van der Waals surface area contributed by atoms with Gasteiger partial charge in [0.2, 0.25) is 5.43 Å². The Morgan fingerprint density at radius 2 is 2.00 bits per heavy atom. The van der Waals surface area contributed by atoms with Crippen molar-refractivity contribution in [2.24, 2.45) is 0 Å². The summed E-state index contributed by atoms with van der Waals surface area (Å²) in [6.07, 6.45) is 0. The lowest BCUT2D eigenvalue weighted by Gasteiger charge is -2.02. The van der Waals surface area contributed by atoms with E-state index in [-0.39, 0.29) is 10.5 Å². The first-order chi connectivity index (χ1) is 6.59. The van der Waals surface area contributed by atoms with Gasteiger partial charge < -0.3 is 4.98 Å². The number of nitrogens with one attached hydrogen (secondary N) is 1. The summed E-state index contributed by atoms with van der Waals surface area (Å²) in [5.74, 6) is 0. The van der Waals surface area contributed by atoms with E-state index < -0.39 is 0 Å². The summed E-state index contributed by atoms with van der Waals surface area (Å²) >= 11 is 11.6. The van der Waals surface area contributed by atoms with Crippen molar-refractivity contribution in [3.8, 4) is 0 Å². The van der Waals surface area contributed by atoms with Gasteiger partial charge in [-0.3, -0.25) is 4.79 Å². The van der Waals surface area contributed by atoms with E-state index >= 15 is 0 Å². The summed E-state index contributed by atoms with van der Waals surface area (Å²) in [4.78, 5) is 14.7. The topological polar surface area (TPSA) is 32.9 Å². The number of hydrogen-bond acceptors (Lipinski definition) is 1. The summed E-state index contributed by atoms with van der Waals surface area (Å²) in [5, 5.41) is 1.39. The minimum atomic E-state index is -0.158. The van der Waals surface area contributed by atoms with E-state index in [0.717, 1.165) is 0 Å². The molecule has 1 aromatic heterocycles. The Kier molecular flexibility index (Phi) is 2.25. The lowest BCUT2D eigenvalue weighted by Crippen LogP contribution is -2.05. The van der Waals surface area contributed by atoms with Gasteiger partial charge >= 0.3 is 0 Å². The number of rotatable bonds is 0. The highest BCUT2D eigenvalue weighted by atomic mass is 35.5. The Morgan fingerprint density at radius 1 is 1.29 bits per heavy atom. The van der Waals surface area contributed by atoms with Crippen molar-refractivity contribution < 1.29 is 0 Å². The van der Waals surface area contributed by atoms with Crippen LogP contribution in [-0.2, 0) is 0 Å². The molecule has 1 heterocycles. The summed E-state index contributed by atoms with van der Waals surface area (Å²) in [6.45, 7) is 1.75. The molecule has 0 spiro atoms. The van der Waals surface area contributed by atoms with E-state index in [1.54, 1.807) is 25.1 Å². The standard InChI is InChI=1S/C10H7Cl2NO/c1-5-9(12)10(14)7-3-2-6(11)4-8(7)13-5/h2-4H,1H3,(H,13,14). The van der Waals surface area contributed by atoms with E-state index in [0.29, 0.717) is 21.6 Å². The normalized spacial score (nSPS) is 10.8. The van der Waals surface area contributed by atoms with Crippen molar-refractivity contribution in [2.75, 3.05) is 0 Å². The molecule has 0 aliphatic rings. The van der Waals surface area contributed by atoms with Crippen molar-refractivity contribution in [3.05, 3.63) is 44.2 Å². The van der Waals surface area contributed by atoms with Gasteiger partial charge in [-0.2, -0.15) is 0 Å². The SMILES string of the molecule is Cc1[nH]c2cc(Cl)ccc2c(=O)c1Cl. The quantitative estimate of drug-likeness (QED) is 0.738. The highest BCUT2D eigenvalue weighted by Gasteiger charge is 2.06. The third kappa shape index (κ3) is 1.41. The van der Waals surface area contributed by atoms with Gasteiger partial charge in [0, 0.05) is 16.1 Å². The molecule has 0 aliphatic heterocycles. The van der Waals surface area contributed by atoms with Crippen LogP contribution >= 0.6 is 23.2 Å². The van der Waals surface area contributed by atoms with Crippen LogP contribution in [0, 0.1) is 6.92 Å². The zero-order valence-electron chi connectivity index (χ0n) is 7.40. The lowest BCUT2D eigenvalue weighted by atomic mass is 10.2. The molecule has 2 aromatic rings. The highest BCUT2D eigenvalue weighted by Crippen LogP contribution is 2.18. The smallest absolute Gasteiger partial charge is 0.208 e. The average molecular weight is 228 g/mol. The molecule has 0 radical (unpaired) electrons. The van der Waals surface area contributed by atoms with E-state index in [1.165, 1.54) is 0 Å². The number of pyridine rings is 1. The van der Waals surface area contributed by atoms with Crippen molar-refractivity contribution in [2.45, 2.75) is 6.92 Å². The maximum absolute atomic E-state index is 11.7. The number of fused-ring (bicyclic) bond motifs is 1. The van der Waals surface area contributed by atoms with E-state index in [4.69, 9.17) is 23.2 Å². The fraction of sp³-hybridized carbons (Fsp3) is 0.100. The monoisotopic (exact) mass is 227 g/mol. The fourth-order valence-corrected chi connectivity index (χ4v) is 1.68. The molecule has 0 saturated carbocycles. The van der Waals surface area contributed by atoms with Crippen LogP contribution in [0.2, 0.25) is 10.0 Å². The first-order valence-electron chi connectivity index (χ1n) is 4.07.